The van der Waals surface area contributed by atoms with Crippen molar-refractivity contribution in [3.63, 3.8) is 0 Å². The van der Waals surface area contributed by atoms with Crippen molar-refractivity contribution in [1.29, 1.82) is 0 Å². The van der Waals surface area contributed by atoms with Crippen LogP contribution in [-0.2, 0) is 9.59 Å². The van der Waals surface area contributed by atoms with Gasteiger partial charge in [-0.2, -0.15) is 0 Å². The maximum Gasteiger partial charge on any atom is 0.408 e. The molecule has 15 heavy (non-hydrogen) atoms. The molecule has 1 amide bonds. The Kier molecular flexibility index (Phi) is 3.65. The Bertz CT molecular complexity index is 278. The molecule has 0 aromatic carbocycles. The van der Waals surface area contributed by atoms with Crippen LogP contribution in [-0.4, -0.2) is 45.5 Å². The second-order valence-corrected chi connectivity index (χ2v) is 3.53. The quantitative estimate of drug-likeness (QED) is 0.671. The Morgan fingerprint density at radius 1 is 1.33 bits per heavy atom. The van der Waals surface area contributed by atoms with Crippen molar-refractivity contribution in [3.05, 3.63) is 0 Å². The molecule has 6 heteroatoms. The van der Waals surface area contributed by atoms with E-state index >= 15 is 0 Å². The van der Waals surface area contributed by atoms with E-state index in [1.165, 1.54) is 0 Å². The summed E-state index contributed by atoms with van der Waals surface area (Å²) in [7, 11) is 0. The highest BCUT2D eigenvalue weighted by Gasteiger charge is 2.37. The van der Waals surface area contributed by atoms with E-state index < -0.39 is 24.1 Å². The Morgan fingerprint density at radius 3 is 2.47 bits per heavy atom. The van der Waals surface area contributed by atoms with Gasteiger partial charge in [-0.05, 0) is 19.3 Å². The molecule has 1 fully saturated rings. The second-order valence-electron chi connectivity index (χ2n) is 3.53. The van der Waals surface area contributed by atoms with E-state index in [1.54, 1.807) is 0 Å². The Balaban J connectivity index is 2.84. The molecule has 0 aromatic rings. The number of piperidine rings is 1. The van der Waals surface area contributed by atoms with Gasteiger partial charge in [-0.3, -0.25) is 4.90 Å². The second kappa shape index (κ2) is 4.77. The van der Waals surface area contributed by atoms with E-state index in [2.05, 4.69) is 0 Å². The lowest BCUT2D eigenvalue weighted by atomic mass is 9.94. The first-order valence-electron chi connectivity index (χ1n) is 4.75. The van der Waals surface area contributed by atoms with Crippen molar-refractivity contribution in [3.8, 4) is 0 Å². The number of amides is 1. The van der Waals surface area contributed by atoms with Gasteiger partial charge in [0.1, 0.15) is 12.3 Å². The first-order chi connectivity index (χ1) is 7.07. The fourth-order valence-corrected chi connectivity index (χ4v) is 1.95. The molecule has 2 atom stereocenters. The molecule has 1 heterocycles. The fourth-order valence-electron chi connectivity index (χ4n) is 1.95. The molecule has 2 N–H and O–H groups in total. The molecule has 0 saturated carbocycles. The summed E-state index contributed by atoms with van der Waals surface area (Å²) in [6, 6.07) is -1.50. The van der Waals surface area contributed by atoms with Crippen LogP contribution in [0, 0.1) is 0 Å². The Morgan fingerprint density at radius 2 is 2.00 bits per heavy atom. The smallest absolute Gasteiger partial charge is 0.408 e. The maximum absolute atomic E-state index is 10.9. The topological polar surface area (TPSA) is 94.9 Å². The third-order valence-corrected chi connectivity index (χ3v) is 2.62. The average Bonchev–Trinajstić information content (AvgIpc) is 2.17. The van der Waals surface area contributed by atoms with Crippen molar-refractivity contribution in [2.24, 2.45) is 0 Å². The van der Waals surface area contributed by atoms with Gasteiger partial charge < -0.3 is 15.0 Å². The standard InChI is InChI=1S/C9H13NO5/c11-5-4-6-2-1-3-7(8(12)13)10(6)9(14)15/h5-7H,1-4H2,(H,12,13)(H,14,15). The van der Waals surface area contributed by atoms with Crippen LogP contribution >= 0.6 is 0 Å². The number of nitrogens with zero attached hydrogens (tertiary/aromatic N) is 1. The largest absolute Gasteiger partial charge is 0.480 e. The van der Waals surface area contributed by atoms with Crippen LogP contribution in [0.4, 0.5) is 4.79 Å². The fraction of sp³-hybridized carbons (Fsp3) is 0.667. The maximum atomic E-state index is 10.9. The number of hydrogen-bond donors (Lipinski definition) is 2. The van der Waals surface area contributed by atoms with Gasteiger partial charge in [-0.1, -0.05) is 0 Å². The van der Waals surface area contributed by atoms with Crippen LogP contribution in [0.2, 0.25) is 0 Å². The average molecular weight is 215 g/mol. The van der Waals surface area contributed by atoms with Gasteiger partial charge in [-0.25, -0.2) is 9.59 Å². The van der Waals surface area contributed by atoms with E-state index in [0.29, 0.717) is 25.5 Å². The van der Waals surface area contributed by atoms with Gasteiger partial charge in [0.2, 0.25) is 0 Å². The summed E-state index contributed by atoms with van der Waals surface area (Å²) in [5.74, 6) is -1.15. The van der Waals surface area contributed by atoms with Crippen molar-refractivity contribution in [2.75, 3.05) is 0 Å². The summed E-state index contributed by atoms with van der Waals surface area (Å²) in [6.45, 7) is 0. The molecule has 1 rings (SSSR count). The summed E-state index contributed by atoms with van der Waals surface area (Å²) in [5, 5.41) is 17.8. The zero-order valence-electron chi connectivity index (χ0n) is 8.13. The van der Waals surface area contributed by atoms with E-state index in [0.717, 1.165) is 4.90 Å². The Hall–Kier alpha value is -1.59. The predicted molar refractivity (Wildman–Crippen MR) is 49.6 cm³/mol. The van der Waals surface area contributed by atoms with Crippen LogP contribution in [0.3, 0.4) is 0 Å². The monoisotopic (exact) mass is 215 g/mol. The third kappa shape index (κ3) is 2.45. The number of carboxylic acid groups (broad SMARTS) is 2. The van der Waals surface area contributed by atoms with E-state index in [9.17, 15) is 14.4 Å². The number of carbonyl (C=O) groups is 3. The minimum atomic E-state index is -1.27. The van der Waals surface area contributed by atoms with Crippen LogP contribution in [0.1, 0.15) is 25.7 Å². The van der Waals surface area contributed by atoms with Crippen LogP contribution in [0.5, 0.6) is 0 Å². The highest BCUT2D eigenvalue weighted by molar-refractivity contribution is 5.80. The van der Waals surface area contributed by atoms with E-state index in [-0.39, 0.29) is 6.42 Å². The van der Waals surface area contributed by atoms with Crippen LogP contribution in [0.25, 0.3) is 0 Å². The minimum Gasteiger partial charge on any atom is -0.480 e. The normalized spacial score (nSPS) is 26.0. The van der Waals surface area contributed by atoms with Crippen molar-refractivity contribution in [2.45, 2.75) is 37.8 Å². The lowest BCUT2D eigenvalue weighted by Crippen LogP contribution is -2.53. The molecule has 6 nitrogen and oxygen atoms in total. The molecule has 0 spiro atoms. The Labute approximate surface area is 86.5 Å². The third-order valence-electron chi connectivity index (χ3n) is 2.62. The van der Waals surface area contributed by atoms with Crippen LogP contribution in [0.15, 0.2) is 0 Å². The van der Waals surface area contributed by atoms with Gasteiger partial charge in [-0.15, -0.1) is 0 Å². The number of rotatable bonds is 3. The molecule has 2 unspecified atom stereocenters. The molecular formula is C9H13NO5. The van der Waals surface area contributed by atoms with Gasteiger partial charge in [0.25, 0.3) is 0 Å². The SMILES string of the molecule is O=CCC1CCCC(C(=O)O)N1C(=O)O. The zero-order chi connectivity index (χ0) is 11.4. The molecule has 1 saturated heterocycles. The number of hydrogen-bond acceptors (Lipinski definition) is 3. The van der Waals surface area contributed by atoms with Gasteiger partial charge in [0.15, 0.2) is 0 Å². The van der Waals surface area contributed by atoms with Gasteiger partial charge in [0, 0.05) is 12.5 Å². The first kappa shape index (κ1) is 11.5. The van der Waals surface area contributed by atoms with E-state index in [4.69, 9.17) is 10.2 Å². The number of likely N-dealkylation sites (tertiary alicyclic amines) is 1. The van der Waals surface area contributed by atoms with Gasteiger partial charge >= 0.3 is 12.1 Å². The summed E-state index contributed by atoms with van der Waals surface area (Å²) in [5.41, 5.74) is 0. The zero-order valence-corrected chi connectivity index (χ0v) is 8.13. The van der Waals surface area contributed by atoms with E-state index in [1.807, 2.05) is 0 Å². The van der Waals surface area contributed by atoms with Crippen molar-refractivity contribution in [1.82, 2.24) is 4.90 Å². The molecule has 0 radical (unpaired) electrons. The predicted octanol–water partition coefficient (Wildman–Crippen LogP) is 0.561. The highest BCUT2D eigenvalue weighted by atomic mass is 16.4. The first-order valence-corrected chi connectivity index (χ1v) is 4.75. The number of aliphatic carboxylic acids is 1. The minimum absolute atomic E-state index is 0.0656. The molecular weight excluding hydrogens is 202 g/mol. The summed E-state index contributed by atoms with van der Waals surface area (Å²) >= 11 is 0. The molecule has 0 bridgehead atoms. The molecule has 1 aliphatic rings. The van der Waals surface area contributed by atoms with Crippen LogP contribution < -0.4 is 0 Å². The molecule has 84 valence electrons. The molecule has 0 aliphatic carbocycles. The van der Waals surface area contributed by atoms with Crippen molar-refractivity contribution >= 4 is 18.3 Å². The molecule has 1 aliphatic heterocycles. The summed E-state index contributed by atoms with van der Waals surface area (Å²) in [6.07, 6.45) is 0.931. The number of aldehydes is 1. The lowest BCUT2D eigenvalue weighted by Gasteiger charge is -2.37. The number of carbonyl (C=O) groups excluding carboxylic acids is 1. The highest BCUT2D eigenvalue weighted by Crippen LogP contribution is 2.24. The van der Waals surface area contributed by atoms with Gasteiger partial charge in [0.05, 0.1) is 0 Å². The summed E-state index contributed by atoms with van der Waals surface area (Å²) < 4.78 is 0. The molecule has 0 aromatic heterocycles. The van der Waals surface area contributed by atoms with Crippen molar-refractivity contribution < 1.29 is 24.6 Å². The lowest BCUT2D eigenvalue weighted by molar-refractivity contribution is -0.145. The number of carboxylic acids is 1. The summed E-state index contributed by atoms with van der Waals surface area (Å²) in [4.78, 5) is 33.0.